The molecule has 0 saturated carbocycles. The van der Waals surface area contributed by atoms with Gasteiger partial charge in [-0.25, -0.2) is 0 Å². The lowest BCUT2D eigenvalue weighted by Gasteiger charge is -2.22. The van der Waals surface area contributed by atoms with Crippen molar-refractivity contribution in [2.24, 2.45) is 0 Å². The molecule has 0 aromatic heterocycles. The highest BCUT2D eigenvalue weighted by Gasteiger charge is 2.14. The molecule has 0 bridgehead atoms. The zero-order valence-electron chi connectivity index (χ0n) is 7.34. The zero-order valence-corrected chi connectivity index (χ0v) is 7.34. The first-order valence-electron chi connectivity index (χ1n) is 4.31. The molecule has 1 rings (SSSR count). The van der Waals surface area contributed by atoms with E-state index in [1.54, 1.807) is 6.92 Å². The highest BCUT2D eigenvalue weighted by Crippen LogP contribution is 1.97. The lowest BCUT2D eigenvalue weighted by atomic mass is 10.3. The molecule has 0 aromatic rings. The minimum absolute atomic E-state index is 0.0363. The molecule has 0 radical (unpaired) electrons. The third kappa shape index (κ3) is 3.19. The van der Waals surface area contributed by atoms with Crippen LogP contribution in [-0.2, 0) is 14.3 Å². The fraction of sp³-hybridized carbons (Fsp3) is 0.875. The Kier molecular flexibility index (Phi) is 4.04. The third-order valence-electron chi connectivity index (χ3n) is 1.72. The van der Waals surface area contributed by atoms with Crippen molar-refractivity contribution in [1.29, 1.82) is 0 Å². The van der Waals surface area contributed by atoms with Crippen LogP contribution in [0.3, 0.4) is 0 Å². The summed E-state index contributed by atoms with van der Waals surface area (Å²) < 4.78 is 10.3. The lowest BCUT2D eigenvalue weighted by molar-refractivity contribution is -0.148. The fourth-order valence-electron chi connectivity index (χ4n) is 1.01. The van der Waals surface area contributed by atoms with E-state index in [-0.39, 0.29) is 12.1 Å². The molecule has 0 spiro atoms. The SMILES string of the molecule is CCC(=O)OC[C@@H]1CNCCO1. The van der Waals surface area contributed by atoms with Crippen LogP contribution >= 0.6 is 0 Å². The monoisotopic (exact) mass is 173 g/mol. The second kappa shape index (κ2) is 5.11. The van der Waals surface area contributed by atoms with Crippen LogP contribution in [-0.4, -0.2) is 38.4 Å². The van der Waals surface area contributed by atoms with Gasteiger partial charge in [-0.3, -0.25) is 4.79 Å². The molecule has 4 nitrogen and oxygen atoms in total. The molecule has 12 heavy (non-hydrogen) atoms. The van der Waals surface area contributed by atoms with Crippen molar-refractivity contribution in [1.82, 2.24) is 5.32 Å². The molecule has 0 unspecified atom stereocenters. The minimum Gasteiger partial charge on any atom is -0.463 e. The van der Waals surface area contributed by atoms with Crippen LogP contribution in [0.25, 0.3) is 0 Å². The molecule has 0 aliphatic carbocycles. The summed E-state index contributed by atoms with van der Waals surface area (Å²) in [4.78, 5) is 10.8. The van der Waals surface area contributed by atoms with Gasteiger partial charge in [0.15, 0.2) is 0 Å². The van der Waals surface area contributed by atoms with E-state index in [4.69, 9.17) is 9.47 Å². The fourth-order valence-corrected chi connectivity index (χ4v) is 1.01. The van der Waals surface area contributed by atoms with Gasteiger partial charge in [-0.1, -0.05) is 6.92 Å². The molecule has 1 aliphatic rings. The molecule has 0 aromatic carbocycles. The van der Waals surface area contributed by atoms with Crippen LogP contribution in [0.2, 0.25) is 0 Å². The van der Waals surface area contributed by atoms with Crippen LogP contribution in [0, 0.1) is 0 Å². The summed E-state index contributed by atoms with van der Waals surface area (Å²) in [6.45, 7) is 4.52. The lowest BCUT2D eigenvalue weighted by Crippen LogP contribution is -2.41. The van der Waals surface area contributed by atoms with E-state index >= 15 is 0 Å². The Balaban J connectivity index is 2.09. The van der Waals surface area contributed by atoms with Crippen LogP contribution in [0.1, 0.15) is 13.3 Å². The number of carbonyl (C=O) groups excluding carboxylic acids is 1. The Morgan fingerprint density at radius 2 is 2.58 bits per heavy atom. The Bertz CT molecular complexity index is 143. The van der Waals surface area contributed by atoms with Gasteiger partial charge >= 0.3 is 5.97 Å². The smallest absolute Gasteiger partial charge is 0.305 e. The predicted molar refractivity (Wildman–Crippen MR) is 43.9 cm³/mol. The van der Waals surface area contributed by atoms with Crippen LogP contribution in [0.15, 0.2) is 0 Å². The van der Waals surface area contributed by atoms with Crippen molar-refractivity contribution >= 4 is 5.97 Å². The van der Waals surface area contributed by atoms with E-state index in [9.17, 15) is 4.79 Å². The summed E-state index contributed by atoms with van der Waals surface area (Å²) in [5.41, 5.74) is 0. The molecule has 0 amide bonds. The van der Waals surface area contributed by atoms with Gasteiger partial charge in [-0.15, -0.1) is 0 Å². The number of rotatable bonds is 3. The van der Waals surface area contributed by atoms with E-state index in [1.165, 1.54) is 0 Å². The van der Waals surface area contributed by atoms with Crippen molar-refractivity contribution < 1.29 is 14.3 Å². The van der Waals surface area contributed by atoms with Crippen molar-refractivity contribution in [3.8, 4) is 0 Å². The van der Waals surface area contributed by atoms with Crippen molar-refractivity contribution in [3.05, 3.63) is 0 Å². The molecule has 1 N–H and O–H groups in total. The van der Waals surface area contributed by atoms with Crippen molar-refractivity contribution in [3.63, 3.8) is 0 Å². The Morgan fingerprint density at radius 1 is 1.75 bits per heavy atom. The van der Waals surface area contributed by atoms with Crippen LogP contribution in [0.4, 0.5) is 0 Å². The zero-order chi connectivity index (χ0) is 8.81. The van der Waals surface area contributed by atoms with Gasteiger partial charge in [0.05, 0.1) is 6.61 Å². The quantitative estimate of drug-likeness (QED) is 0.607. The van der Waals surface area contributed by atoms with Gasteiger partial charge in [0, 0.05) is 19.5 Å². The molecule has 1 fully saturated rings. The van der Waals surface area contributed by atoms with Gasteiger partial charge in [0.2, 0.25) is 0 Å². The highest BCUT2D eigenvalue weighted by molar-refractivity contribution is 5.68. The van der Waals surface area contributed by atoms with Gasteiger partial charge in [0.25, 0.3) is 0 Å². The summed E-state index contributed by atoms with van der Waals surface area (Å²) in [7, 11) is 0. The topological polar surface area (TPSA) is 47.6 Å². The highest BCUT2D eigenvalue weighted by atomic mass is 16.6. The largest absolute Gasteiger partial charge is 0.463 e. The van der Waals surface area contributed by atoms with E-state index < -0.39 is 0 Å². The second-order valence-electron chi connectivity index (χ2n) is 2.73. The normalized spacial score (nSPS) is 23.6. The molecule has 1 heterocycles. The summed E-state index contributed by atoms with van der Waals surface area (Å²) in [5, 5.41) is 3.16. The van der Waals surface area contributed by atoms with Gasteiger partial charge in [-0.2, -0.15) is 0 Å². The first-order chi connectivity index (χ1) is 5.83. The second-order valence-corrected chi connectivity index (χ2v) is 2.73. The maximum absolute atomic E-state index is 10.8. The summed E-state index contributed by atoms with van der Waals surface area (Å²) in [6.07, 6.45) is 0.467. The van der Waals surface area contributed by atoms with Crippen LogP contribution in [0.5, 0.6) is 0 Å². The number of ether oxygens (including phenoxy) is 2. The molecule has 70 valence electrons. The number of morpholine rings is 1. The summed E-state index contributed by atoms with van der Waals surface area (Å²) in [5.74, 6) is -0.163. The van der Waals surface area contributed by atoms with E-state index in [0.717, 1.165) is 13.1 Å². The number of hydrogen-bond acceptors (Lipinski definition) is 4. The Morgan fingerprint density at radius 3 is 3.17 bits per heavy atom. The standard InChI is InChI=1S/C8H15NO3/c1-2-8(10)12-6-7-5-9-3-4-11-7/h7,9H,2-6H2,1H3/t7-/m0/s1. The third-order valence-corrected chi connectivity index (χ3v) is 1.72. The molecule has 1 saturated heterocycles. The average molecular weight is 173 g/mol. The number of hydrogen-bond donors (Lipinski definition) is 1. The van der Waals surface area contributed by atoms with Gasteiger partial charge < -0.3 is 14.8 Å². The van der Waals surface area contributed by atoms with Gasteiger partial charge in [0.1, 0.15) is 12.7 Å². The molecule has 4 heteroatoms. The molecule has 1 atom stereocenters. The molecule has 1 aliphatic heterocycles. The Labute approximate surface area is 72.2 Å². The van der Waals surface area contributed by atoms with E-state index in [2.05, 4.69) is 5.32 Å². The van der Waals surface area contributed by atoms with Crippen LogP contribution < -0.4 is 5.32 Å². The minimum atomic E-state index is -0.163. The maximum Gasteiger partial charge on any atom is 0.305 e. The van der Waals surface area contributed by atoms with E-state index in [0.29, 0.717) is 19.6 Å². The number of carbonyl (C=O) groups is 1. The maximum atomic E-state index is 10.8. The Hall–Kier alpha value is -0.610. The first-order valence-corrected chi connectivity index (χ1v) is 4.31. The summed E-state index contributed by atoms with van der Waals surface area (Å²) in [6, 6.07) is 0. The van der Waals surface area contributed by atoms with Gasteiger partial charge in [-0.05, 0) is 0 Å². The number of nitrogens with one attached hydrogen (secondary N) is 1. The first kappa shape index (κ1) is 9.48. The predicted octanol–water partition coefficient (Wildman–Crippen LogP) is -0.0720. The average Bonchev–Trinajstić information content (AvgIpc) is 2.16. The van der Waals surface area contributed by atoms with E-state index in [1.807, 2.05) is 0 Å². The summed E-state index contributed by atoms with van der Waals surface area (Å²) >= 11 is 0. The molecular formula is C8H15NO3. The number of esters is 1. The van der Waals surface area contributed by atoms with Crippen molar-refractivity contribution in [2.75, 3.05) is 26.3 Å². The van der Waals surface area contributed by atoms with Crippen molar-refractivity contribution in [2.45, 2.75) is 19.4 Å². The molecular weight excluding hydrogens is 158 g/mol.